The van der Waals surface area contributed by atoms with Crippen molar-refractivity contribution in [3.05, 3.63) is 47.3 Å². The molecular formula is C18H26N2O. The summed E-state index contributed by atoms with van der Waals surface area (Å²) in [6.07, 6.45) is 3.11. The molecule has 0 fully saturated rings. The Morgan fingerprint density at radius 1 is 1.19 bits per heavy atom. The minimum Gasteiger partial charge on any atom is -0.487 e. The molecule has 0 aliphatic carbocycles. The molecule has 2 aromatic rings. The third-order valence-corrected chi connectivity index (χ3v) is 3.96. The van der Waals surface area contributed by atoms with Crippen molar-refractivity contribution in [1.82, 2.24) is 9.78 Å². The van der Waals surface area contributed by atoms with Crippen molar-refractivity contribution in [3.8, 4) is 5.75 Å². The van der Waals surface area contributed by atoms with Gasteiger partial charge in [0.1, 0.15) is 12.4 Å². The molecule has 2 rings (SSSR count). The Hall–Kier alpha value is -1.77. The molecule has 3 heteroatoms. The van der Waals surface area contributed by atoms with E-state index in [0.717, 1.165) is 17.9 Å². The van der Waals surface area contributed by atoms with Crippen molar-refractivity contribution in [2.45, 2.75) is 59.6 Å². The van der Waals surface area contributed by atoms with E-state index in [1.54, 1.807) is 0 Å². The van der Waals surface area contributed by atoms with Crippen LogP contribution in [0, 0.1) is 6.92 Å². The number of rotatable bonds is 6. The number of ether oxygens (including phenoxy) is 1. The van der Waals surface area contributed by atoms with E-state index in [2.05, 4.69) is 57.9 Å². The second-order valence-electron chi connectivity index (χ2n) is 6.01. The first-order chi connectivity index (χ1) is 10.0. The maximum atomic E-state index is 5.96. The summed E-state index contributed by atoms with van der Waals surface area (Å²) in [4.78, 5) is 0. The second-order valence-corrected chi connectivity index (χ2v) is 6.01. The third-order valence-electron chi connectivity index (χ3n) is 3.96. The first-order valence-electron chi connectivity index (χ1n) is 7.78. The van der Waals surface area contributed by atoms with Crippen LogP contribution in [0.3, 0.4) is 0 Å². The fourth-order valence-electron chi connectivity index (χ4n) is 2.17. The lowest BCUT2D eigenvalue weighted by atomic mass is 10.0. The van der Waals surface area contributed by atoms with Crippen LogP contribution >= 0.6 is 0 Å². The molecule has 114 valence electrons. The molecule has 1 heterocycles. The smallest absolute Gasteiger partial charge is 0.132 e. The number of aromatic nitrogens is 2. The minimum absolute atomic E-state index is 0.435. The van der Waals surface area contributed by atoms with Gasteiger partial charge in [-0.1, -0.05) is 32.9 Å². The van der Waals surface area contributed by atoms with Gasteiger partial charge < -0.3 is 4.74 Å². The summed E-state index contributed by atoms with van der Waals surface area (Å²) in [6.45, 7) is 11.3. The van der Waals surface area contributed by atoms with E-state index >= 15 is 0 Å². The molecule has 0 radical (unpaired) electrons. The zero-order chi connectivity index (χ0) is 15.4. The van der Waals surface area contributed by atoms with Crippen molar-refractivity contribution in [2.24, 2.45) is 0 Å². The number of hydrogen-bond acceptors (Lipinski definition) is 2. The largest absolute Gasteiger partial charge is 0.487 e. The van der Waals surface area contributed by atoms with Gasteiger partial charge in [0.25, 0.3) is 0 Å². The molecule has 0 saturated heterocycles. The first kappa shape index (κ1) is 15.6. The fraction of sp³-hybridized carbons (Fsp3) is 0.500. The number of benzene rings is 1. The predicted molar refractivity (Wildman–Crippen MR) is 86.8 cm³/mol. The van der Waals surface area contributed by atoms with E-state index in [-0.39, 0.29) is 0 Å². The summed E-state index contributed by atoms with van der Waals surface area (Å²) in [5.74, 6) is 1.47. The molecule has 0 saturated carbocycles. The monoisotopic (exact) mass is 286 g/mol. The van der Waals surface area contributed by atoms with Crippen LogP contribution in [0.25, 0.3) is 0 Å². The third kappa shape index (κ3) is 3.87. The molecule has 0 aliphatic rings. The summed E-state index contributed by atoms with van der Waals surface area (Å²) in [7, 11) is 0. The molecule has 0 bridgehead atoms. The van der Waals surface area contributed by atoms with Crippen LogP contribution in [0.1, 0.15) is 62.9 Å². The molecular weight excluding hydrogens is 260 g/mol. The van der Waals surface area contributed by atoms with Crippen LogP contribution in [0.15, 0.2) is 30.5 Å². The van der Waals surface area contributed by atoms with Gasteiger partial charge in [-0.2, -0.15) is 5.10 Å². The lowest BCUT2D eigenvalue weighted by Gasteiger charge is -2.12. The zero-order valence-electron chi connectivity index (χ0n) is 13.8. The van der Waals surface area contributed by atoms with Gasteiger partial charge in [0.15, 0.2) is 0 Å². The van der Waals surface area contributed by atoms with Crippen LogP contribution in [-0.4, -0.2) is 9.78 Å². The lowest BCUT2D eigenvalue weighted by Crippen LogP contribution is -2.06. The molecule has 1 unspecified atom stereocenters. The quantitative estimate of drug-likeness (QED) is 0.758. The molecule has 0 amide bonds. The second kappa shape index (κ2) is 6.79. The van der Waals surface area contributed by atoms with Gasteiger partial charge in [0.05, 0.1) is 5.69 Å². The lowest BCUT2D eigenvalue weighted by molar-refractivity contribution is 0.295. The minimum atomic E-state index is 0.435. The predicted octanol–water partition coefficient (Wildman–Crippen LogP) is 4.86. The SMILES string of the molecule is CCC(C)n1ccc(COc2cc(C(C)C)ccc2C)n1. The van der Waals surface area contributed by atoms with E-state index < -0.39 is 0 Å². The Labute approximate surface area is 127 Å². The molecule has 1 aromatic heterocycles. The zero-order valence-corrected chi connectivity index (χ0v) is 13.8. The highest BCUT2D eigenvalue weighted by atomic mass is 16.5. The van der Waals surface area contributed by atoms with Gasteiger partial charge in [0.2, 0.25) is 0 Å². The summed E-state index contributed by atoms with van der Waals surface area (Å²) in [5, 5.41) is 4.57. The van der Waals surface area contributed by atoms with Crippen molar-refractivity contribution >= 4 is 0 Å². The normalized spacial score (nSPS) is 12.7. The van der Waals surface area contributed by atoms with Gasteiger partial charge in [-0.05, 0) is 49.4 Å². The fourth-order valence-corrected chi connectivity index (χ4v) is 2.17. The number of hydrogen-bond donors (Lipinski definition) is 0. The highest BCUT2D eigenvalue weighted by Gasteiger charge is 2.08. The van der Waals surface area contributed by atoms with Crippen molar-refractivity contribution in [1.29, 1.82) is 0 Å². The van der Waals surface area contributed by atoms with Gasteiger partial charge in [0, 0.05) is 12.2 Å². The van der Waals surface area contributed by atoms with Crippen molar-refractivity contribution in [2.75, 3.05) is 0 Å². The van der Waals surface area contributed by atoms with E-state index in [1.165, 1.54) is 11.1 Å². The molecule has 0 aliphatic heterocycles. The molecule has 0 N–H and O–H groups in total. The maximum absolute atomic E-state index is 5.96. The van der Waals surface area contributed by atoms with Gasteiger partial charge in [-0.3, -0.25) is 4.68 Å². The Kier molecular flexibility index (Phi) is 5.05. The van der Waals surface area contributed by atoms with Gasteiger partial charge in [-0.25, -0.2) is 0 Å². The van der Waals surface area contributed by atoms with Crippen LogP contribution in [0.4, 0.5) is 0 Å². The summed E-state index contributed by atoms with van der Waals surface area (Å²) in [6, 6.07) is 8.91. The highest BCUT2D eigenvalue weighted by molar-refractivity contribution is 5.37. The molecule has 21 heavy (non-hydrogen) atoms. The molecule has 0 spiro atoms. The van der Waals surface area contributed by atoms with Crippen LogP contribution < -0.4 is 4.74 Å². The number of nitrogens with zero attached hydrogens (tertiary/aromatic N) is 2. The maximum Gasteiger partial charge on any atom is 0.132 e. The number of aryl methyl sites for hydroxylation is 1. The standard InChI is InChI=1S/C18H26N2O/c1-6-15(5)20-10-9-17(19-20)12-21-18-11-16(13(2)3)8-7-14(18)4/h7-11,13,15H,6,12H2,1-5H3. The Balaban J connectivity index is 2.06. The highest BCUT2D eigenvalue weighted by Crippen LogP contribution is 2.25. The Morgan fingerprint density at radius 2 is 1.95 bits per heavy atom. The van der Waals surface area contributed by atoms with Gasteiger partial charge in [-0.15, -0.1) is 0 Å². The van der Waals surface area contributed by atoms with Crippen molar-refractivity contribution < 1.29 is 4.74 Å². The average molecular weight is 286 g/mol. The first-order valence-corrected chi connectivity index (χ1v) is 7.78. The van der Waals surface area contributed by atoms with Crippen molar-refractivity contribution in [3.63, 3.8) is 0 Å². The Bertz CT molecular complexity index is 587. The van der Waals surface area contributed by atoms with Gasteiger partial charge >= 0.3 is 0 Å². The molecule has 3 nitrogen and oxygen atoms in total. The Morgan fingerprint density at radius 3 is 2.62 bits per heavy atom. The van der Waals surface area contributed by atoms with Crippen LogP contribution in [0.2, 0.25) is 0 Å². The average Bonchev–Trinajstić information content (AvgIpc) is 2.94. The molecule has 1 atom stereocenters. The van der Waals surface area contributed by atoms with E-state index in [4.69, 9.17) is 4.74 Å². The summed E-state index contributed by atoms with van der Waals surface area (Å²) >= 11 is 0. The topological polar surface area (TPSA) is 27.1 Å². The van der Waals surface area contributed by atoms with Crippen LogP contribution in [0.5, 0.6) is 5.75 Å². The van der Waals surface area contributed by atoms with E-state index in [0.29, 0.717) is 18.6 Å². The van der Waals surface area contributed by atoms with E-state index in [9.17, 15) is 0 Å². The summed E-state index contributed by atoms with van der Waals surface area (Å²) < 4.78 is 7.97. The van der Waals surface area contributed by atoms with Crippen LogP contribution in [-0.2, 0) is 6.61 Å². The molecule has 1 aromatic carbocycles. The van der Waals surface area contributed by atoms with E-state index in [1.807, 2.05) is 16.9 Å². The summed E-state index contributed by atoms with van der Waals surface area (Å²) in [5.41, 5.74) is 3.45.